The van der Waals surface area contributed by atoms with Gasteiger partial charge in [0, 0.05) is 12.6 Å². The minimum atomic E-state index is -1.20. The predicted molar refractivity (Wildman–Crippen MR) is 122 cm³/mol. The summed E-state index contributed by atoms with van der Waals surface area (Å²) in [7, 11) is 4.32. The summed E-state index contributed by atoms with van der Waals surface area (Å²) in [6.07, 6.45) is 5.41. The molecule has 1 aliphatic heterocycles. The molecule has 0 radical (unpaired) electrons. The summed E-state index contributed by atoms with van der Waals surface area (Å²) in [4.78, 5) is 45.2. The van der Waals surface area contributed by atoms with Crippen LogP contribution in [-0.2, 0) is 22.6 Å². The first kappa shape index (κ1) is 23.6. The Labute approximate surface area is 198 Å². The zero-order chi connectivity index (χ0) is 24.5. The summed E-state index contributed by atoms with van der Waals surface area (Å²) < 4.78 is 17.1. The van der Waals surface area contributed by atoms with Crippen molar-refractivity contribution in [1.82, 2.24) is 19.8 Å². The van der Waals surface area contributed by atoms with Crippen molar-refractivity contribution in [2.24, 2.45) is 0 Å². The Hall–Kier alpha value is -3.56. The number of methoxy groups -OCH3 is 3. The fraction of sp³-hybridized carbons (Fsp3) is 0.500. The van der Waals surface area contributed by atoms with Gasteiger partial charge in [0.25, 0.3) is 5.91 Å². The van der Waals surface area contributed by atoms with E-state index in [0.29, 0.717) is 11.5 Å². The first-order chi connectivity index (χ1) is 16.3. The summed E-state index contributed by atoms with van der Waals surface area (Å²) in [5.41, 5.74) is -0.409. The van der Waals surface area contributed by atoms with Crippen LogP contribution in [0.25, 0.3) is 0 Å². The van der Waals surface area contributed by atoms with Crippen molar-refractivity contribution in [2.45, 2.75) is 57.3 Å². The van der Waals surface area contributed by atoms with E-state index in [9.17, 15) is 14.4 Å². The molecular weight excluding hydrogens is 440 g/mol. The molecule has 34 heavy (non-hydrogen) atoms. The van der Waals surface area contributed by atoms with Crippen molar-refractivity contribution in [2.75, 3.05) is 21.3 Å². The van der Waals surface area contributed by atoms with Gasteiger partial charge in [0.2, 0.25) is 5.91 Å². The first-order valence-electron chi connectivity index (χ1n) is 11.3. The highest BCUT2D eigenvalue weighted by Gasteiger charge is 2.49. The van der Waals surface area contributed by atoms with E-state index >= 15 is 0 Å². The third-order valence-corrected chi connectivity index (χ3v) is 6.71. The average molecular weight is 471 g/mol. The van der Waals surface area contributed by atoms with E-state index in [-0.39, 0.29) is 36.4 Å². The van der Waals surface area contributed by atoms with E-state index < -0.39 is 17.4 Å². The molecule has 1 fully saturated rings. The Morgan fingerprint density at radius 3 is 2.50 bits per heavy atom. The molecular formula is C24H30N4O6. The van der Waals surface area contributed by atoms with Crippen LogP contribution in [0.15, 0.2) is 24.5 Å². The summed E-state index contributed by atoms with van der Waals surface area (Å²) in [6.45, 7) is 2.03. The van der Waals surface area contributed by atoms with Crippen LogP contribution in [0.2, 0.25) is 0 Å². The molecule has 1 atom stereocenters. The zero-order valence-corrected chi connectivity index (χ0v) is 19.9. The number of carbonyl (C=O) groups excluding carboxylic acids is 3. The predicted octanol–water partition coefficient (Wildman–Crippen LogP) is 2.16. The molecule has 1 aromatic carbocycles. The Morgan fingerprint density at radius 1 is 1.15 bits per heavy atom. The summed E-state index contributed by atoms with van der Waals surface area (Å²) in [5, 5.41) is 3.13. The van der Waals surface area contributed by atoms with E-state index in [0.717, 1.165) is 31.2 Å². The molecule has 0 bridgehead atoms. The molecule has 182 valence electrons. The lowest BCUT2D eigenvalue weighted by Gasteiger charge is -2.44. The molecule has 10 nitrogen and oxygen atoms in total. The van der Waals surface area contributed by atoms with Gasteiger partial charge in [-0.05, 0) is 37.5 Å². The van der Waals surface area contributed by atoms with E-state index in [1.165, 1.54) is 25.4 Å². The molecule has 0 spiro atoms. The minimum Gasteiger partial charge on any atom is -0.493 e. The van der Waals surface area contributed by atoms with Gasteiger partial charge in [0.15, 0.2) is 17.2 Å². The molecule has 10 heteroatoms. The second-order valence-electron chi connectivity index (χ2n) is 8.87. The molecule has 0 saturated heterocycles. The molecule has 0 unspecified atom stereocenters. The molecule has 1 saturated carbocycles. The number of aromatic nitrogens is 2. The number of fused-ring (bicyclic) bond motifs is 1. The number of amides is 2. The van der Waals surface area contributed by atoms with E-state index in [2.05, 4.69) is 10.3 Å². The van der Waals surface area contributed by atoms with Crippen LogP contribution in [0.4, 0.5) is 0 Å². The fourth-order valence-corrected chi connectivity index (χ4v) is 4.75. The number of rotatable bonds is 7. The standard InChI is InChI=1S/C24H30N4O6/c1-24(23(31)26-16-7-5-6-8-16)13-27-14-25-19(22(30)34-4)20(27)21(29)28(24)12-15-9-10-17(32-2)18(11-15)33-3/h9-11,14,16H,5-8,12-13H2,1-4H3,(H,26,31)/t24-/m1/s1. The fourth-order valence-electron chi connectivity index (χ4n) is 4.75. The number of benzene rings is 1. The highest BCUT2D eigenvalue weighted by Crippen LogP contribution is 2.34. The number of nitrogens with one attached hydrogen (secondary N) is 1. The maximum atomic E-state index is 13.8. The van der Waals surface area contributed by atoms with Gasteiger partial charge < -0.3 is 29.0 Å². The third kappa shape index (κ3) is 4.08. The van der Waals surface area contributed by atoms with Gasteiger partial charge in [-0.1, -0.05) is 18.9 Å². The molecule has 2 aromatic rings. The van der Waals surface area contributed by atoms with Gasteiger partial charge >= 0.3 is 5.97 Å². The SMILES string of the molecule is COC(=O)c1ncn2c1C(=O)N(Cc1ccc(OC)c(OC)c1)[C@@](C)(C(=O)NC1CCCC1)C2. The number of imidazole rings is 1. The molecule has 2 amide bonds. The van der Waals surface area contributed by atoms with Crippen LogP contribution in [-0.4, -0.2) is 65.1 Å². The highest BCUT2D eigenvalue weighted by molar-refractivity contribution is 6.06. The van der Waals surface area contributed by atoms with E-state index in [1.807, 2.05) is 6.07 Å². The third-order valence-electron chi connectivity index (χ3n) is 6.71. The number of ether oxygens (including phenoxy) is 3. The average Bonchev–Trinajstić information content (AvgIpc) is 3.51. The maximum Gasteiger partial charge on any atom is 0.359 e. The molecule has 1 aromatic heterocycles. The maximum absolute atomic E-state index is 13.8. The molecule has 4 rings (SSSR count). The van der Waals surface area contributed by atoms with Crippen LogP contribution in [0.5, 0.6) is 11.5 Å². The Kier molecular flexibility index (Phi) is 6.49. The van der Waals surface area contributed by atoms with Gasteiger partial charge in [-0.25, -0.2) is 9.78 Å². The van der Waals surface area contributed by atoms with Crippen molar-refractivity contribution >= 4 is 17.8 Å². The molecule has 2 heterocycles. The number of esters is 1. The van der Waals surface area contributed by atoms with Gasteiger partial charge in [-0.2, -0.15) is 0 Å². The largest absolute Gasteiger partial charge is 0.493 e. The van der Waals surface area contributed by atoms with Crippen molar-refractivity contribution in [3.05, 3.63) is 41.5 Å². The lowest BCUT2D eigenvalue weighted by Crippen LogP contribution is -2.64. The molecule has 1 aliphatic carbocycles. The van der Waals surface area contributed by atoms with Crippen LogP contribution in [0, 0.1) is 0 Å². The quantitative estimate of drug-likeness (QED) is 0.617. The summed E-state index contributed by atoms with van der Waals surface area (Å²) in [5.74, 6) is -0.326. The van der Waals surface area contributed by atoms with Crippen molar-refractivity contribution < 1.29 is 28.6 Å². The highest BCUT2D eigenvalue weighted by atomic mass is 16.5. The van der Waals surface area contributed by atoms with E-state index in [1.54, 1.807) is 30.7 Å². The minimum absolute atomic E-state index is 0.0666. The number of hydrogen-bond donors (Lipinski definition) is 1. The molecule has 1 N–H and O–H groups in total. The second kappa shape index (κ2) is 9.36. The Morgan fingerprint density at radius 2 is 1.85 bits per heavy atom. The Balaban J connectivity index is 1.74. The van der Waals surface area contributed by atoms with Crippen molar-refractivity contribution in [3.8, 4) is 11.5 Å². The lowest BCUT2D eigenvalue weighted by molar-refractivity contribution is -0.134. The molecule has 2 aliphatic rings. The van der Waals surface area contributed by atoms with Crippen LogP contribution < -0.4 is 14.8 Å². The summed E-state index contributed by atoms with van der Waals surface area (Å²) in [6, 6.07) is 5.44. The van der Waals surface area contributed by atoms with Crippen LogP contribution >= 0.6 is 0 Å². The van der Waals surface area contributed by atoms with Gasteiger partial charge in [0.05, 0.1) is 34.2 Å². The van der Waals surface area contributed by atoms with Gasteiger partial charge in [-0.15, -0.1) is 0 Å². The van der Waals surface area contributed by atoms with Crippen LogP contribution in [0.3, 0.4) is 0 Å². The topological polar surface area (TPSA) is 112 Å². The van der Waals surface area contributed by atoms with Gasteiger partial charge in [0.1, 0.15) is 11.2 Å². The monoisotopic (exact) mass is 470 g/mol. The Bertz CT molecular complexity index is 1110. The van der Waals surface area contributed by atoms with Crippen molar-refractivity contribution in [3.63, 3.8) is 0 Å². The number of hydrogen-bond acceptors (Lipinski definition) is 7. The number of nitrogens with zero attached hydrogens (tertiary/aromatic N) is 3. The summed E-state index contributed by atoms with van der Waals surface area (Å²) >= 11 is 0. The van der Waals surface area contributed by atoms with Crippen molar-refractivity contribution in [1.29, 1.82) is 0 Å². The lowest BCUT2D eigenvalue weighted by atomic mass is 9.93. The smallest absolute Gasteiger partial charge is 0.359 e. The van der Waals surface area contributed by atoms with Crippen LogP contribution in [0.1, 0.15) is 59.1 Å². The van der Waals surface area contributed by atoms with Gasteiger partial charge in [-0.3, -0.25) is 9.59 Å². The second-order valence-corrected chi connectivity index (χ2v) is 8.87. The normalized spacial score (nSPS) is 20.1. The van der Waals surface area contributed by atoms with E-state index in [4.69, 9.17) is 14.2 Å². The first-order valence-corrected chi connectivity index (χ1v) is 11.3. The number of carbonyl (C=O) groups is 3. The zero-order valence-electron chi connectivity index (χ0n) is 19.9.